The Bertz CT molecular complexity index is 405. The van der Waals surface area contributed by atoms with Crippen molar-refractivity contribution in [3.05, 3.63) is 28.0 Å². The molecule has 1 heterocycles. The van der Waals surface area contributed by atoms with Gasteiger partial charge in [-0.2, -0.15) is 0 Å². The van der Waals surface area contributed by atoms with Gasteiger partial charge in [0.1, 0.15) is 5.82 Å². The number of ether oxygens (including phenoxy) is 1. The molecule has 0 amide bonds. The first-order valence-corrected chi connectivity index (χ1v) is 6.67. The highest BCUT2D eigenvalue weighted by atomic mass is 79.9. The van der Waals surface area contributed by atoms with E-state index in [0.717, 1.165) is 30.9 Å². The molecule has 4 heteroatoms. The standard InChI is InChI=1S/C13H17BrFNO/c1-8-5-11(14)12(15)6-13(8)16-9(2)10-3-4-17-7-10/h5-6,9-10,16H,3-4,7H2,1-2H3. The van der Waals surface area contributed by atoms with Crippen LogP contribution in [-0.2, 0) is 4.74 Å². The number of rotatable bonds is 3. The van der Waals surface area contributed by atoms with Crippen LogP contribution in [0, 0.1) is 18.7 Å². The van der Waals surface area contributed by atoms with Crippen molar-refractivity contribution in [1.82, 2.24) is 0 Å². The van der Waals surface area contributed by atoms with Crippen LogP contribution in [0.2, 0.25) is 0 Å². The first kappa shape index (κ1) is 12.8. The van der Waals surface area contributed by atoms with Crippen LogP contribution in [0.1, 0.15) is 18.9 Å². The summed E-state index contributed by atoms with van der Waals surface area (Å²) in [5.74, 6) is 0.286. The molecule has 0 saturated carbocycles. The minimum atomic E-state index is -0.229. The Morgan fingerprint density at radius 3 is 2.94 bits per heavy atom. The molecule has 1 aromatic rings. The number of hydrogen-bond acceptors (Lipinski definition) is 2. The van der Waals surface area contributed by atoms with Gasteiger partial charge in [-0.1, -0.05) is 0 Å². The van der Waals surface area contributed by atoms with Crippen LogP contribution in [-0.4, -0.2) is 19.3 Å². The van der Waals surface area contributed by atoms with E-state index >= 15 is 0 Å². The fourth-order valence-electron chi connectivity index (χ4n) is 2.11. The molecule has 0 spiro atoms. The summed E-state index contributed by atoms with van der Waals surface area (Å²) in [7, 11) is 0. The smallest absolute Gasteiger partial charge is 0.139 e. The van der Waals surface area contributed by atoms with Crippen molar-refractivity contribution in [3.63, 3.8) is 0 Å². The van der Waals surface area contributed by atoms with Crippen LogP contribution in [0.25, 0.3) is 0 Å². The lowest BCUT2D eigenvalue weighted by Crippen LogP contribution is -2.26. The Labute approximate surface area is 110 Å². The Balaban J connectivity index is 2.09. The van der Waals surface area contributed by atoms with Crippen molar-refractivity contribution in [2.24, 2.45) is 5.92 Å². The molecule has 0 radical (unpaired) electrons. The van der Waals surface area contributed by atoms with Gasteiger partial charge in [-0.3, -0.25) is 0 Å². The average Bonchev–Trinajstić information content (AvgIpc) is 2.79. The highest BCUT2D eigenvalue weighted by molar-refractivity contribution is 9.10. The van der Waals surface area contributed by atoms with Gasteiger partial charge in [0, 0.05) is 24.3 Å². The summed E-state index contributed by atoms with van der Waals surface area (Å²) in [6, 6.07) is 3.65. The largest absolute Gasteiger partial charge is 0.382 e. The maximum absolute atomic E-state index is 13.5. The van der Waals surface area contributed by atoms with E-state index in [2.05, 4.69) is 28.2 Å². The summed E-state index contributed by atoms with van der Waals surface area (Å²) in [5.41, 5.74) is 1.91. The molecular weight excluding hydrogens is 285 g/mol. The van der Waals surface area contributed by atoms with Gasteiger partial charge in [-0.05, 0) is 53.9 Å². The lowest BCUT2D eigenvalue weighted by molar-refractivity contribution is 0.183. The SMILES string of the molecule is Cc1cc(Br)c(F)cc1NC(C)C1CCOC1. The average molecular weight is 302 g/mol. The third-order valence-corrected chi connectivity index (χ3v) is 3.93. The Morgan fingerprint density at radius 1 is 1.53 bits per heavy atom. The molecule has 17 heavy (non-hydrogen) atoms. The van der Waals surface area contributed by atoms with Crippen LogP contribution in [0.3, 0.4) is 0 Å². The lowest BCUT2D eigenvalue weighted by Gasteiger charge is -2.22. The number of anilines is 1. The molecule has 2 nitrogen and oxygen atoms in total. The van der Waals surface area contributed by atoms with E-state index in [0.29, 0.717) is 16.4 Å². The third kappa shape index (κ3) is 2.99. The highest BCUT2D eigenvalue weighted by Crippen LogP contribution is 2.26. The maximum atomic E-state index is 13.5. The number of hydrogen-bond donors (Lipinski definition) is 1. The van der Waals surface area contributed by atoms with E-state index in [4.69, 9.17) is 4.74 Å². The van der Waals surface area contributed by atoms with E-state index in [-0.39, 0.29) is 5.82 Å². The summed E-state index contributed by atoms with van der Waals surface area (Å²) >= 11 is 3.19. The first-order chi connectivity index (χ1) is 8.08. The second-order valence-corrected chi connectivity index (χ2v) is 5.49. The van der Waals surface area contributed by atoms with Crippen molar-refractivity contribution in [2.45, 2.75) is 26.3 Å². The zero-order chi connectivity index (χ0) is 12.4. The Morgan fingerprint density at radius 2 is 2.29 bits per heavy atom. The Kier molecular flexibility index (Phi) is 4.05. The van der Waals surface area contributed by atoms with Crippen molar-refractivity contribution in [1.29, 1.82) is 0 Å². The van der Waals surface area contributed by atoms with Crippen molar-refractivity contribution < 1.29 is 9.13 Å². The van der Waals surface area contributed by atoms with Gasteiger partial charge < -0.3 is 10.1 Å². The number of benzene rings is 1. The van der Waals surface area contributed by atoms with E-state index < -0.39 is 0 Å². The summed E-state index contributed by atoms with van der Waals surface area (Å²) in [6.45, 7) is 5.74. The molecule has 1 saturated heterocycles. The number of halogens is 2. The van der Waals surface area contributed by atoms with E-state index in [9.17, 15) is 4.39 Å². The third-order valence-electron chi connectivity index (χ3n) is 3.32. The summed E-state index contributed by atoms with van der Waals surface area (Å²) in [4.78, 5) is 0. The maximum Gasteiger partial charge on any atom is 0.139 e. The molecule has 1 aliphatic rings. The molecule has 1 fully saturated rings. The lowest BCUT2D eigenvalue weighted by atomic mass is 10.00. The zero-order valence-corrected chi connectivity index (χ0v) is 11.7. The second-order valence-electron chi connectivity index (χ2n) is 4.64. The van der Waals surface area contributed by atoms with Gasteiger partial charge in [0.25, 0.3) is 0 Å². The topological polar surface area (TPSA) is 21.3 Å². The van der Waals surface area contributed by atoms with Crippen molar-refractivity contribution in [3.8, 4) is 0 Å². The van der Waals surface area contributed by atoms with Crippen LogP contribution in [0.15, 0.2) is 16.6 Å². The molecule has 1 aromatic carbocycles. The van der Waals surface area contributed by atoms with Crippen LogP contribution < -0.4 is 5.32 Å². The molecule has 2 unspecified atom stereocenters. The highest BCUT2D eigenvalue weighted by Gasteiger charge is 2.22. The monoisotopic (exact) mass is 301 g/mol. The van der Waals surface area contributed by atoms with Gasteiger partial charge in [-0.15, -0.1) is 0 Å². The van der Waals surface area contributed by atoms with Crippen LogP contribution in [0.4, 0.5) is 10.1 Å². The predicted molar refractivity (Wildman–Crippen MR) is 70.8 cm³/mol. The summed E-state index contributed by atoms with van der Waals surface area (Å²) < 4.78 is 19.4. The molecule has 0 aliphatic carbocycles. The zero-order valence-electron chi connectivity index (χ0n) is 10.1. The minimum Gasteiger partial charge on any atom is -0.382 e. The number of nitrogens with one attached hydrogen (secondary N) is 1. The van der Waals surface area contributed by atoms with Gasteiger partial charge in [0.15, 0.2) is 0 Å². The van der Waals surface area contributed by atoms with Gasteiger partial charge in [0.2, 0.25) is 0 Å². The van der Waals surface area contributed by atoms with Crippen LogP contribution >= 0.6 is 15.9 Å². The van der Waals surface area contributed by atoms with E-state index in [1.807, 2.05) is 6.92 Å². The minimum absolute atomic E-state index is 0.229. The molecule has 1 aliphatic heterocycles. The number of aryl methyl sites for hydroxylation is 1. The fourth-order valence-corrected chi connectivity index (χ4v) is 2.57. The van der Waals surface area contributed by atoms with Crippen molar-refractivity contribution in [2.75, 3.05) is 18.5 Å². The first-order valence-electron chi connectivity index (χ1n) is 5.88. The predicted octanol–water partition coefficient (Wildman–Crippen LogP) is 3.73. The molecule has 0 aromatic heterocycles. The molecule has 1 N–H and O–H groups in total. The normalized spacial score (nSPS) is 21.5. The quantitative estimate of drug-likeness (QED) is 0.918. The van der Waals surface area contributed by atoms with Gasteiger partial charge >= 0.3 is 0 Å². The molecular formula is C13H17BrFNO. The Hall–Kier alpha value is -0.610. The summed E-state index contributed by atoms with van der Waals surface area (Å²) in [6.07, 6.45) is 1.08. The molecule has 2 rings (SSSR count). The van der Waals surface area contributed by atoms with E-state index in [1.165, 1.54) is 0 Å². The van der Waals surface area contributed by atoms with Crippen molar-refractivity contribution >= 4 is 21.6 Å². The second kappa shape index (κ2) is 5.36. The fraction of sp³-hybridized carbons (Fsp3) is 0.538. The molecule has 2 atom stereocenters. The molecule has 0 bridgehead atoms. The van der Waals surface area contributed by atoms with Gasteiger partial charge in [-0.25, -0.2) is 4.39 Å². The van der Waals surface area contributed by atoms with Crippen LogP contribution in [0.5, 0.6) is 0 Å². The summed E-state index contributed by atoms with van der Waals surface area (Å²) in [5, 5.41) is 3.38. The molecule has 94 valence electrons. The van der Waals surface area contributed by atoms with E-state index in [1.54, 1.807) is 12.1 Å². The van der Waals surface area contributed by atoms with Gasteiger partial charge in [0.05, 0.1) is 11.1 Å².